The molecule has 1 unspecified atom stereocenters. The zero-order valence-corrected chi connectivity index (χ0v) is 7.66. The molecule has 1 aromatic heterocycles. The summed E-state index contributed by atoms with van der Waals surface area (Å²) in [5.74, 6) is 0.718. The molecular weight excluding hydrogens is 168 g/mol. The van der Waals surface area contributed by atoms with E-state index in [1.54, 1.807) is 13.0 Å². The normalized spacial score (nSPS) is 21.5. The first-order valence-electron chi connectivity index (χ1n) is 4.49. The van der Waals surface area contributed by atoms with Crippen molar-refractivity contribution in [2.75, 3.05) is 0 Å². The molecule has 1 aliphatic carbocycles. The minimum absolute atomic E-state index is 0.147. The Hall–Kier alpha value is -0.870. The molecule has 0 bridgehead atoms. The van der Waals surface area contributed by atoms with Gasteiger partial charge in [0.1, 0.15) is 17.6 Å². The van der Waals surface area contributed by atoms with Gasteiger partial charge in [0, 0.05) is 11.6 Å². The number of hydrogen-bond donors (Lipinski definition) is 2. The molecule has 0 aromatic carbocycles. The maximum Gasteiger partial charge on any atom is 0.134 e. The predicted molar refractivity (Wildman–Crippen MR) is 47.0 cm³/mol. The number of nitrogens with two attached hydrogens (primary N) is 1. The molecule has 3 N–H and O–H groups in total. The highest BCUT2D eigenvalue weighted by molar-refractivity contribution is 5.10. The van der Waals surface area contributed by atoms with Crippen molar-refractivity contribution in [2.45, 2.75) is 37.8 Å². The molecule has 0 saturated heterocycles. The fourth-order valence-electron chi connectivity index (χ4n) is 1.40. The van der Waals surface area contributed by atoms with Gasteiger partial charge in [0.15, 0.2) is 0 Å². The Morgan fingerprint density at radius 2 is 2.46 bits per heavy atom. The lowest BCUT2D eigenvalue weighted by molar-refractivity contribution is 0.145. The Kier molecular flexibility index (Phi) is 1.89. The van der Waals surface area contributed by atoms with E-state index < -0.39 is 6.10 Å². The Morgan fingerprint density at radius 3 is 2.92 bits per heavy atom. The lowest BCUT2D eigenvalue weighted by atomic mass is 10.1. The van der Waals surface area contributed by atoms with Gasteiger partial charge in [0.05, 0.1) is 0 Å². The van der Waals surface area contributed by atoms with Crippen molar-refractivity contribution in [1.82, 2.24) is 5.16 Å². The minimum atomic E-state index is -0.579. The fraction of sp³-hybridized carbons (Fsp3) is 0.667. The van der Waals surface area contributed by atoms with Crippen molar-refractivity contribution in [3.63, 3.8) is 0 Å². The molecule has 1 fully saturated rings. The zero-order valence-electron chi connectivity index (χ0n) is 7.66. The van der Waals surface area contributed by atoms with Crippen LogP contribution >= 0.6 is 0 Å². The van der Waals surface area contributed by atoms with Crippen molar-refractivity contribution in [2.24, 2.45) is 5.73 Å². The third kappa shape index (κ3) is 1.89. The lowest BCUT2D eigenvalue weighted by Gasteiger charge is -2.11. The summed E-state index contributed by atoms with van der Waals surface area (Å²) in [6.45, 7) is 1.80. The first-order chi connectivity index (χ1) is 6.09. The van der Waals surface area contributed by atoms with Gasteiger partial charge in [-0.1, -0.05) is 5.16 Å². The van der Waals surface area contributed by atoms with Gasteiger partial charge in [-0.25, -0.2) is 0 Å². The summed E-state index contributed by atoms with van der Waals surface area (Å²) in [4.78, 5) is 0. The highest BCUT2D eigenvalue weighted by atomic mass is 16.5. The van der Waals surface area contributed by atoms with E-state index >= 15 is 0 Å². The Labute approximate surface area is 76.7 Å². The molecule has 0 aliphatic heterocycles. The number of nitrogens with zero attached hydrogens (tertiary/aromatic N) is 1. The second-order valence-corrected chi connectivity index (χ2v) is 3.94. The van der Waals surface area contributed by atoms with Gasteiger partial charge in [0.25, 0.3) is 0 Å². The van der Waals surface area contributed by atoms with E-state index in [0.29, 0.717) is 12.1 Å². The summed E-state index contributed by atoms with van der Waals surface area (Å²) in [6.07, 6.45) is 2.01. The number of aliphatic hydroxyl groups excluding tert-OH is 1. The Bertz CT molecular complexity index is 304. The molecule has 0 radical (unpaired) electrons. The van der Waals surface area contributed by atoms with Crippen molar-refractivity contribution in [3.8, 4) is 0 Å². The molecule has 4 heteroatoms. The summed E-state index contributed by atoms with van der Waals surface area (Å²) in [6, 6.07) is 1.75. The topological polar surface area (TPSA) is 72.3 Å². The molecule has 1 saturated carbocycles. The molecule has 0 amide bonds. The zero-order chi connectivity index (χ0) is 9.47. The van der Waals surface area contributed by atoms with Gasteiger partial charge in [-0.2, -0.15) is 0 Å². The largest absolute Gasteiger partial charge is 0.387 e. The van der Waals surface area contributed by atoms with E-state index in [-0.39, 0.29) is 5.54 Å². The summed E-state index contributed by atoms with van der Waals surface area (Å²) in [7, 11) is 0. The van der Waals surface area contributed by atoms with Crippen LogP contribution in [0.25, 0.3) is 0 Å². The molecule has 2 rings (SSSR count). The van der Waals surface area contributed by atoms with Gasteiger partial charge >= 0.3 is 0 Å². The highest BCUT2D eigenvalue weighted by Gasteiger charge is 2.40. The van der Waals surface area contributed by atoms with Crippen LogP contribution in [0.5, 0.6) is 0 Å². The molecule has 72 valence electrons. The van der Waals surface area contributed by atoms with Crippen molar-refractivity contribution in [3.05, 3.63) is 17.5 Å². The molecular formula is C9H14N2O2. The highest BCUT2D eigenvalue weighted by Crippen LogP contribution is 2.39. The molecule has 4 nitrogen and oxygen atoms in total. The first-order valence-corrected chi connectivity index (χ1v) is 4.49. The summed E-state index contributed by atoms with van der Waals surface area (Å²) in [5.41, 5.74) is 6.32. The van der Waals surface area contributed by atoms with Crippen LogP contribution in [-0.4, -0.2) is 15.8 Å². The van der Waals surface area contributed by atoms with Crippen molar-refractivity contribution in [1.29, 1.82) is 0 Å². The van der Waals surface area contributed by atoms with Gasteiger partial charge in [-0.15, -0.1) is 0 Å². The standard InChI is InChI=1S/C9H14N2O2/c1-6-4-7(11-13-6)8(12)5-9(10)2-3-9/h4,8,12H,2-3,5,10H2,1H3. The van der Waals surface area contributed by atoms with Crippen LogP contribution < -0.4 is 5.73 Å². The lowest BCUT2D eigenvalue weighted by Crippen LogP contribution is -2.24. The van der Waals surface area contributed by atoms with Gasteiger partial charge in [-0.3, -0.25) is 0 Å². The number of aromatic nitrogens is 1. The molecule has 13 heavy (non-hydrogen) atoms. The molecule has 1 aliphatic rings. The number of hydrogen-bond acceptors (Lipinski definition) is 4. The van der Waals surface area contributed by atoms with Gasteiger partial charge in [0.2, 0.25) is 0 Å². The quantitative estimate of drug-likeness (QED) is 0.728. The van der Waals surface area contributed by atoms with Crippen LogP contribution in [0.2, 0.25) is 0 Å². The van der Waals surface area contributed by atoms with E-state index in [4.69, 9.17) is 10.3 Å². The third-order valence-electron chi connectivity index (χ3n) is 2.48. The average molecular weight is 182 g/mol. The van der Waals surface area contributed by atoms with Crippen LogP contribution in [-0.2, 0) is 0 Å². The molecule has 1 atom stereocenters. The van der Waals surface area contributed by atoms with Crippen molar-refractivity contribution < 1.29 is 9.63 Å². The van der Waals surface area contributed by atoms with E-state index in [2.05, 4.69) is 5.16 Å². The molecule has 1 aromatic rings. The Balaban J connectivity index is 2.00. The maximum atomic E-state index is 9.71. The average Bonchev–Trinajstić information content (AvgIpc) is 2.62. The van der Waals surface area contributed by atoms with E-state index in [1.165, 1.54) is 0 Å². The summed E-state index contributed by atoms with van der Waals surface area (Å²) in [5, 5.41) is 13.5. The number of aliphatic hydroxyl groups is 1. The van der Waals surface area contributed by atoms with Crippen molar-refractivity contribution >= 4 is 0 Å². The van der Waals surface area contributed by atoms with Crippen LogP contribution in [0, 0.1) is 6.92 Å². The minimum Gasteiger partial charge on any atom is -0.387 e. The van der Waals surface area contributed by atoms with Crippen LogP contribution in [0.4, 0.5) is 0 Å². The fourth-order valence-corrected chi connectivity index (χ4v) is 1.40. The van der Waals surface area contributed by atoms with Crippen LogP contribution in [0.1, 0.15) is 36.8 Å². The number of aryl methyl sites for hydroxylation is 1. The summed E-state index contributed by atoms with van der Waals surface area (Å²) < 4.78 is 4.87. The molecule has 0 spiro atoms. The SMILES string of the molecule is Cc1cc(C(O)CC2(N)CC2)no1. The van der Waals surface area contributed by atoms with Gasteiger partial charge < -0.3 is 15.4 Å². The predicted octanol–water partition coefficient (Wildman–Crippen LogP) is 0.898. The summed E-state index contributed by atoms with van der Waals surface area (Å²) >= 11 is 0. The van der Waals surface area contributed by atoms with E-state index in [9.17, 15) is 5.11 Å². The number of rotatable bonds is 3. The first kappa shape index (κ1) is 8.72. The smallest absolute Gasteiger partial charge is 0.134 e. The maximum absolute atomic E-state index is 9.71. The van der Waals surface area contributed by atoms with Crippen LogP contribution in [0.3, 0.4) is 0 Å². The monoisotopic (exact) mass is 182 g/mol. The van der Waals surface area contributed by atoms with Gasteiger partial charge in [-0.05, 0) is 26.2 Å². The Morgan fingerprint density at radius 1 is 1.77 bits per heavy atom. The van der Waals surface area contributed by atoms with E-state index in [0.717, 1.165) is 18.6 Å². The molecule has 1 heterocycles. The van der Waals surface area contributed by atoms with Crippen LogP contribution in [0.15, 0.2) is 10.6 Å². The third-order valence-corrected chi connectivity index (χ3v) is 2.48. The second-order valence-electron chi connectivity index (χ2n) is 3.94. The van der Waals surface area contributed by atoms with E-state index in [1.807, 2.05) is 0 Å². The second kappa shape index (κ2) is 2.82.